The van der Waals surface area contributed by atoms with Crippen LogP contribution in [-0.4, -0.2) is 36.7 Å². The molecular formula is C13H21NO4. The van der Waals surface area contributed by atoms with E-state index in [1.165, 1.54) is 0 Å². The van der Waals surface area contributed by atoms with Gasteiger partial charge in [0.15, 0.2) is 0 Å². The Balaban J connectivity index is 1.94. The number of hydrogen-bond acceptors (Lipinski definition) is 4. The van der Waals surface area contributed by atoms with E-state index in [4.69, 9.17) is 9.47 Å². The molecule has 0 bridgehead atoms. The lowest BCUT2D eigenvalue weighted by Gasteiger charge is -2.49. The van der Waals surface area contributed by atoms with Gasteiger partial charge in [-0.15, -0.1) is 0 Å². The minimum absolute atomic E-state index is 0.0938. The Bertz CT molecular complexity index is 352. The predicted molar refractivity (Wildman–Crippen MR) is 65.3 cm³/mol. The number of hydrogen-bond donors (Lipinski definition) is 1. The number of nitrogens with one attached hydrogen (secondary N) is 1. The summed E-state index contributed by atoms with van der Waals surface area (Å²) in [5, 5.41) is 2.83. The molecule has 0 aromatic carbocycles. The van der Waals surface area contributed by atoms with Gasteiger partial charge in [0.25, 0.3) is 0 Å². The fourth-order valence-electron chi connectivity index (χ4n) is 2.65. The van der Waals surface area contributed by atoms with Crippen molar-refractivity contribution in [3.8, 4) is 0 Å². The fourth-order valence-corrected chi connectivity index (χ4v) is 2.65. The Morgan fingerprint density at radius 1 is 1.39 bits per heavy atom. The Morgan fingerprint density at radius 3 is 2.50 bits per heavy atom. The maximum atomic E-state index is 11.8. The van der Waals surface area contributed by atoms with Gasteiger partial charge in [-0.1, -0.05) is 0 Å². The molecule has 0 radical (unpaired) electrons. The molecule has 1 heterocycles. The highest BCUT2D eigenvalue weighted by molar-refractivity contribution is 5.94. The van der Waals surface area contributed by atoms with Crippen LogP contribution in [-0.2, 0) is 14.3 Å². The molecule has 0 aromatic rings. The molecule has 1 spiro atoms. The van der Waals surface area contributed by atoms with Gasteiger partial charge in [-0.05, 0) is 33.6 Å². The van der Waals surface area contributed by atoms with E-state index in [9.17, 15) is 9.59 Å². The van der Waals surface area contributed by atoms with Crippen molar-refractivity contribution in [2.45, 2.75) is 51.7 Å². The Kier molecular flexibility index (Phi) is 3.36. The predicted octanol–water partition coefficient (Wildman–Crippen LogP) is 1.65. The first-order valence-electron chi connectivity index (χ1n) is 6.44. The normalized spacial score (nSPS) is 26.6. The summed E-state index contributed by atoms with van der Waals surface area (Å²) in [6.45, 7) is 6.66. The molecule has 18 heavy (non-hydrogen) atoms. The van der Waals surface area contributed by atoms with E-state index in [-0.39, 0.29) is 11.8 Å². The van der Waals surface area contributed by atoms with Crippen LogP contribution in [0, 0.1) is 5.41 Å². The van der Waals surface area contributed by atoms with E-state index in [0.29, 0.717) is 32.5 Å². The van der Waals surface area contributed by atoms with Gasteiger partial charge in [-0.2, -0.15) is 0 Å². The van der Waals surface area contributed by atoms with E-state index in [2.05, 4.69) is 5.32 Å². The average Bonchev–Trinajstić information content (AvgIpc) is 2.27. The maximum Gasteiger partial charge on any atom is 0.407 e. The number of rotatable bonds is 1. The zero-order valence-electron chi connectivity index (χ0n) is 11.2. The van der Waals surface area contributed by atoms with Crippen LogP contribution in [0.3, 0.4) is 0 Å². The Hall–Kier alpha value is -1.10. The first-order valence-corrected chi connectivity index (χ1v) is 6.44. The number of carbonyl (C=O) groups excluding carboxylic acids is 2. The molecule has 5 heteroatoms. The number of amides is 1. The largest absolute Gasteiger partial charge is 0.444 e. The van der Waals surface area contributed by atoms with Crippen LogP contribution in [0.15, 0.2) is 0 Å². The van der Waals surface area contributed by atoms with Gasteiger partial charge in [0, 0.05) is 19.6 Å². The van der Waals surface area contributed by atoms with Crippen molar-refractivity contribution in [1.82, 2.24) is 5.32 Å². The standard InChI is InChI=1S/C13H21NO4/c1-12(2,3)18-11(16)14-9-8-10(15)13(9)4-6-17-7-5-13/h9H,4-8H2,1-3H3,(H,14,16). The van der Waals surface area contributed by atoms with E-state index in [0.717, 1.165) is 0 Å². The summed E-state index contributed by atoms with van der Waals surface area (Å²) < 4.78 is 10.5. The Morgan fingerprint density at radius 2 is 2.00 bits per heavy atom. The summed E-state index contributed by atoms with van der Waals surface area (Å²) in [7, 11) is 0. The number of alkyl carbamates (subject to hydrolysis) is 1. The molecular weight excluding hydrogens is 234 g/mol. The zero-order chi connectivity index (χ0) is 13.4. The molecule has 1 aliphatic heterocycles. The van der Waals surface area contributed by atoms with Crippen molar-refractivity contribution in [3.05, 3.63) is 0 Å². The van der Waals surface area contributed by atoms with Crippen molar-refractivity contribution in [3.63, 3.8) is 0 Å². The Labute approximate surface area is 107 Å². The molecule has 1 amide bonds. The van der Waals surface area contributed by atoms with E-state index < -0.39 is 17.1 Å². The van der Waals surface area contributed by atoms with Gasteiger partial charge in [-0.3, -0.25) is 4.79 Å². The third kappa shape index (κ3) is 2.51. The molecule has 1 atom stereocenters. The van der Waals surface area contributed by atoms with Crippen LogP contribution in [0.5, 0.6) is 0 Å². The number of ketones is 1. The zero-order valence-corrected chi connectivity index (χ0v) is 11.2. The minimum Gasteiger partial charge on any atom is -0.444 e. The highest BCUT2D eigenvalue weighted by Crippen LogP contribution is 2.45. The number of ether oxygens (including phenoxy) is 2. The topological polar surface area (TPSA) is 64.6 Å². The lowest BCUT2D eigenvalue weighted by atomic mass is 9.59. The molecule has 1 saturated heterocycles. The van der Waals surface area contributed by atoms with Gasteiger partial charge in [0.1, 0.15) is 11.4 Å². The number of Topliss-reactive ketones (excluding diaryl/α,β-unsaturated/α-hetero) is 1. The van der Waals surface area contributed by atoms with Gasteiger partial charge in [0.05, 0.1) is 11.5 Å². The van der Waals surface area contributed by atoms with E-state index >= 15 is 0 Å². The molecule has 2 fully saturated rings. The van der Waals surface area contributed by atoms with Crippen molar-refractivity contribution in [2.24, 2.45) is 5.41 Å². The van der Waals surface area contributed by atoms with Gasteiger partial charge >= 0.3 is 6.09 Å². The van der Waals surface area contributed by atoms with Crippen LogP contribution in [0.4, 0.5) is 4.79 Å². The SMILES string of the molecule is CC(C)(C)OC(=O)NC1CC(=O)C12CCOCC2. The highest BCUT2D eigenvalue weighted by Gasteiger charge is 2.55. The van der Waals surface area contributed by atoms with E-state index in [1.54, 1.807) is 0 Å². The molecule has 0 aromatic heterocycles. The second-order valence-corrected chi connectivity index (χ2v) is 6.09. The van der Waals surface area contributed by atoms with Gasteiger partial charge < -0.3 is 14.8 Å². The quantitative estimate of drug-likeness (QED) is 0.773. The molecule has 102 valence electrons. The highest BCUT2D eigenvalue weighted by atomic mass is 16.6. The third-order valence-electron chi connectivity index (χ3n) is 3.69. The summed E-state index contributed by atoms with van der Waals surface area (Å²) >= 11 is 0. The third-order valence-corrected chi connectivity index (χ3v) is 3.69. The second kappa shape index (κ2) is 4.53. The summed E-state index contributed by atoms with van der Waals surface area (Å²) in [5.74, 6) is 0.242. The monoisotopic (exact) mass is 255 g/mol. The van der Waals surface area contributed by atoms with Crippen molar-refractivity contribution in [1.29, 1.82) is 0 Å². The smallest absolute Gasteiger partial charge is 0.407 e. The van der Waals surface area contributed by atoms with Gasteiger partial charge in [0.2, 0.25) is 0 Å². The minimum atomic E-state index is -0.513. The summed E-state index contributed by atoms with van der Waals surface area (Å²) in [5.41, 5.74) is -0.907. The summed E-state index contributed by atoms with van der Waals surface area (Å²) in [6.07, 6.45) is 1.38. The maximum absolute atomic E-state index is 11.8. The van der Waals surface area contributed by atoms with Crippen LogP contribution >= 0.6 is 0 Å². The molecule has 1 aliphatic carbocycles. The molecule has 2 aliphatic rings. The lowest BCUT2D eigenvalue weighted by molar-refractivity contribution is -0.150. The molecule has 2 rings (SSSR count). The average molecular weight is 255 g/mol. The molecule has 1 saturated carbocycles. The first kappa shape index (κ1) is 13.3. The molecule has 1 unspecified atom stereocenters. The molecule has 5 nitrogen and oxygen atoms in total. The van der Waals surface area contributed by atoms with Crippen molar-refractivity contribution < 1.29 is 19.1 Å². The summed E-state index contributed by atoms with van der Waals surface area (Å²) in [4.78, 5) is 23.6. The molecule has 1 N–H and O–H groups in total. The second-order valence-electron chi connectivity index (χ2n) is 6.09. The van der Waals surface area contributed by atoms with E-state index in [1.807, 2.05) is 20.8 Å². The van der Waals surface area contributed by atoms with Crippen molar-refractivity contribution in [2.75, 3.05) is 13.2 Å². The summed E-state index contributed by atoms with van der Waals surface area (Å²) in [6, 6.07) is -0.0938. The lowest BCUT2D eigenvalue weighted by Crippen LogP contribution is -2.63. The number of carbonyl (C=O) groups is 2. The van der Waals surface area contributed by atoms with Crippen LogP contribution < -0.4 is 5.32 Å². The van der Waals surface area contributed by atoms with Crippen LogP contribution in [0.2, 0.25) is 0 Å². The van der Waals surface area contributed by atoms with Gasteiger partial charge in [-0.25, -0.2) is 4.79 Å². The first-order chi connectivity index (χ1) is 8.33. The van der Waals surface area contributed by atoms with Crippen LogP contribution in [0.1, 0.15) is 40.0 Å². The van der Waals surface area contributed by atoms with Crippen molar-refractivity contribution >= 4 is 11.9 Å². The van der Waals surface area contributed by atoms with Crippen LogP contribution in [0.25, 0.3) is 0 Å². The fraction of sp³-hybridized carbons (Fsp3) is 0.846.